The van der Waals surface area contributed by atoms with Gasteiger partial charge in [-0.3, -0.25) is 0 Å². The molecule has 4 nitrogen and oxygen atoms in total. The van der Waals surface area contributed by atoms with Gasteiger partial charge >= 0.3 is 0 Å². The Morgan fingerprint density at radius 1 is 0.368 bits per heavy atom. The highest BCUT2D eigenvalue weighted by Crippen LogP contribution is 2.29. The Balaban J connectivity index is 0.000000156. The van der Waals surface area contributed by atoms with Crippen LogP contribution in [0, 0.1) is 0 Å². The molecule has 2 N–H and O–H groups in total. The molecule has 0 unspecified atom stereocenters. The number of hydrogen-bond acceptors (Lipinski definition) is 4. The van der Waals surface area contributed by atoms with E-state index >= 15 is 0 Å². The third-order valence-electron chi connectivity index (χ3n) is 6.50. The first kappa shape index (κ1) is 24.7. The van der Waals surface area contributed by atoms with Crippen molar-refractivity contribution in [3.8, 4) is 45.3 Å². The molecule has 0 atom stereocenters. The number of aromatic hydroxyl groups is 2. The second-order valence-corrected chi connectivity index (χ2v) is 8.95. The van der Waals surface area contributed by atoms with Crippen LogP contribution < -0.4 is 9.47 Å². The number of ether oxygens (including phenoxy) is 2. The number of phenols is 2. The first-order valence-corrected chi connectivity index (χ1v) is 12.3. The fourth-order valence-electron chi connectivity index (χ4n) is 4.38. The van der Waals surface area contributed by atoms with Crippen LogP contribution in [0.5, 0.6) is 23.0 Å². The maximum Gasteiger partial charge on any atom is 0.119 e. The SMILES string of the molecule is COc1ccc(-c2ccc3cc(OC)ccc3c2)cc1.Oc1ccc(-c2ccc3cc(O)ccc3c2)cc1. The third kappa shape index (κ3) is 5.55. The van der Waals surface area contributed by atoms with Crippen molar-refractivity contribution < 1.29 is 19.7 Å². The van der Waals surface area contributed by atoms with E-state index in [1.165, 1.54) is 21.9 Å². The van der Waals surface area contributed by atoms with E-state index in [4.69, 9.17) is 9.47 Å². The molecule has 38 heavy (non-hydrogen) atoms. The topological polar surface area (TPSA) is 58.9 Å². The number of phenolic OH excluding ortho intramolecular Hbond substituents is 2. The zero-order valence-electron chi connectivity index (χ0n) is 21.3. The normalized spacial score (nSPS) is 10.6. The Bertz CT molecular complexity index is 1690. The van der Waals surface area contributed by atoms with Crippen molar-refractivity contribution in [2.45, 2.75) is 0 Å². The van der Waals surface area contributed by atoms with E-state index < -0.39 is 0 Å². The summed E-state index contributed by atoms with van der Waals surface area (Å²) in [5, 5.41) is 23.2. The first-order chi connectivity index (χ1) is 18.5. The number of methoxy groups -OCH3 is 2. The highest BCUT2D eigenvalue weighted by atomic mass is 16.5. The van der Waals surface area contributed by atoms with Gasteiger partial charge in [-0.15, -0.1) is 0 Å². The molecular formula is C34H28O4. The molecule has 0 aliphatic heterocycles. The highest BCUT2D eigenvalue weighted by Gasteiger charge is 2.03. The summed E-state index contributed by atoms with van der Waals surface area (Å²) in [4.78, 5) is 0. The van der Waals surface area contributed by atoms with Crippen molar-refractivity contribution in [1.82, 2.24) is 0 Å². The second-order valence-electron chi connectivity index (χ2n) is 8.95. The second kappa shape index (κ2) is 11.0. The van der Waals surface area contributed by atoms with Crippen LogP contribution in [-0.2, 0) is 0 Å². The summed E-state index contributed by atoms with van der Waals surface area (Å²) in [5.41, 5.74) is 4.53. The van der Waals surface area contributed by atoms with E-state index in [0.29, 0.717) is 0 Å². The van der Waals surface area contributed by atoms with Gasteiger partial charge in [0, 0.05) is 0 Å². The van der Waals surface area contributed by atoms with E-state index in [0.717, 1.165) is 33.4 Å². The molecule has 0 aromatic heterocycles. The summed E-state index contributed by atoms with van der Waals surface area (Å²) in [6.45, 7) is 0. The number of benzene rings is 6. The summed E-state index contributed by atoms with van der Waals surface area (Å²) in [6, 6.07) is 39.2. The largest absolute Gasteiger partial charge is 0.508 e. The molecule has 0 fully saturated rings. The zero-order chi connectivity index (χ0) is 26.5. The van der Waals surface area contributed by atoms with Crippen LogP contribution in [0.2, 0.25) is 0 Å². The Morgan fingerprint density at radius 2 is 0.763 bits per heavy atom. The maximum absolute atomic E-state index is 9.42. The molecule has 0 spiro atoms. The van der Waals surface area contributed by atoms with Gasteiger partial charge < -0.3 is 19.7 Å². The van der Waals surface area contributed by atoms with Crippen molar-refractivity contribution in [3.63, 3.8) is 0 Å². The van der Waals surface area contributed by atoms with Crippen LogP contribution in [0.1, 0.15) is 0 Å². The van der Waals surface area contributed by atoms with Crippen molar-refractivity contribution in [3.05, 3.63) is 121 Å². The van der Waals surface area contributed by atoms with Gasteiger partial charge in [-0.1, -0.05) is 60.7 Å². The summed E-state index contributed by atoms with van der Waals surface area (Å²) in [7, 11) is 3.37. The molecule has 4 heteroatoms. The number of hydrogen-bond donors (Lipinski definition) is 2. The van der Waals surface area contributed by atoms with Crippen LogP contribution in [0.15, 0.2) is 121 Å². The molecule has 6 aromatic carbocycles. The Morgan fingerprint density at radius 3 is 1.34 bits per heavy atom. The van der Waals surface area contributed by atoms with E-state index in [1.54, 1.807) is 38.5 Å². The molecule has 6 aromatic rings. The summed E-state index contributed by atoms with van der Waals surface area (Å²) in [5.74, 6) is 2.30. The van der Waals surface area contributed by atoms with Gasteiger partial charge in [0.2, 0.25) is 0 Å². The number of rotatable bonds is 4. The van der Waals surface area contributed by atoms with E-state index in [1.807, 2.05) is 54.6 Å². The molecule has 0 aliphatic carbocycles. The van der Waals surface area contributed by atoms with Crippen molar-refractivity contribution in [2.75, 3.05) is 14.2 Å². The van der Waals surface area contributed by atoms with Crippen LogP contribution in [0.25, 0.3) is 43.8 Å². The van der Waals surface area contributed by atoms with Gasteiger partial charge in [0.05, 0.1) is 14.2 Å². The highest BCUT2D eigenvalue weighted by molar-refractivity contribution is 5.89. The predicted molar refractivity (Wildman–Crippen MR) is 155 cm³/mol. The Hall–Kier alpha value is -4.96. The number of fused-ring (bicyclic) bond motifs is 2. The van der Waals surface area contributed by atoms with Crippen LogP contribution in [0.4, 0.5) is 0 Å². The first-order valence-electron chi connectivity index (χ1n) is 12.3. The predicted octanol–water partition coefficient (Wildman–Crippen LogP) is 8.44. The minimum absolute atomic E-state index is 0.268. The van der Waals surface area contributed by atoms with Crippen molar-refractivity contribution in [1.29, 1.82) is 0 Å². The molecule has 0 bridgehead atoms. The molecule has 188 valence electrons. The van der Waals surface area contributed by atoms with Gasteiger partial charge in [0.1, 0.15) is 23.0 Å². The van der Waals surface area contributed by atoms with E-state index in [2.05, 4.69) is 42.5 Å². The maximum atomic E-state index is 9.42. The lowest BCUT2D eigenvalue weighted by atomic mass is 10.0. The molecule has 0 aliphatic rings. The lowest BCUT2D eigenvalue weighted by Crippen LogP contribution is -1.84. The van der Waals surface area contributed by atoms with E-state index in [9.17, 15) is 10.2 Å². The average molecular weight is 501 g/mol. The van der Waals surface area contributed by atoms with Crippen molar-refractivity contribution in [2.24, 2.45) is 0 Å². The molecule has 0 heterocycles. The van der Waals surface area contributed by atoms with Crippen LogP contribution in [-0.4, -0.2) is 24.4 Å². The van der Waals surface area contributed by atoms with Gasteiger partial charge in [-0.25, -0.2) is 0 Å². The summed E-state index contributed by atoms with van der Waals surface area (Å²) in [6.07, 6.45) is 0. The molecule has 6 rings (SSSR count). The van der Waals surface area contributed by atoms with E-state index in [-0.39, 0.29) is 11.5 Å². The zero-order valence-corrected chi connectivity index (χ0v) is 21.3. The lowest BCUT2D eigenvalue weighted by Gasteiger charge is -2.07. The fraction of sp³-hybridized carbons (Fsp3) is 0.0588. The van der Waals surface area contributed by atoms with Crippen molar-refractivity contribution >= 4 is 21.5 Å². The minimum Gasteiger partial charge on any atom is -0.508 e. The van der Waals surface area contributed by atoms with Gasteiger partial charge in [0.15, 0.2) is 0 Å². The quantitative estimate of drug-likeness (QED) is 0.255. The molecule has 0 saturated carbocycles. The monoisotopic (exact) mass is 500 g/mol. The molecule has 0 saturated heterocycles. The van der Waals surface area contributed by atoms with Crippen LogP contribution >= 0.6 is 0 Å². The van der Waals surface area contributed by atoms with Gasteiger partial charge in [-0.05, 0) is 104 Å². The Labute approximate surface area is 222 Å². The third-order valence-corrected chi connectivity index (χ3v) is 6.50. The van der Waals surface area contributed by atoms with Gasteiger partial charge in [-0.2, -0.15) is 0 Å². The lowest BCUT2D eigenvalue weighted by molar-refractivity contribution is 0.415. The molecule has 0 radical (unpaired) electrons. The Kier molecular flexibility index (Phi) is 7.14. The van der Waals surface area contributed by atoms with Crippen LogP contribution in [0.3, 0.4) is 0 Å². The minimum atomic E-state index is 0.268. The fourth-order valence-corrected chi connectivity index (χ4v) is 4.38. The average Bonchev–Trinajstić information content (AvgIpc) is 2.97. The van der Waals surface area contributed by atoms with Gasteiger partial charge in [0.25, 0.3) is 0 Å². The molecule has 0 amide bonds. The smallest absolute Gasteiger partial charge is 0.119 e. The summed E-state index contributed by atoms with van der Waals surface area (Å²) >= 11 is 0. The standard InChI is InChI=1S/C18H16O2.C16H12O2/c1-19-17-8-5-13(6-9-17)14-3-4-16-12-18(20-2)10-7-15(16)11-14;17-15-6-3-11(4-7-15)12-1-2-14-10-16(18)8-5-13(14)9-12/h3-12H,1-2H3;1-10,17-18H. The molecular weight excluding hydrogens is 472 g/mol. The summed E-state index contributed by atoms with van der Waals surface area (Å²) < 4.78 is 10.4.